The molecule has 1 rings (SSSR count). The molecule has 0 aromatic carbocycles. The summed E-state index contributed by atoms with van der Waals surface area (Å²) in [7, 11) is 0. The van der Waals surface area contributed by atoms with Crippen LogP contribution in [-0.4, -0.2) is 23.4 Å². The SMILES string of the molecule is CC(C)N(C=O)C1CCCC1. The van der Waals surface area contributed by atoms with Gasteiger partial charge in [-0.05, 0) is 26.7 Å². The first-order valence-electron chi connectivity index (χ1n) is 4.48. The molecule has 0 atom stereocenters. The second kappa shape index (κ2) is 3.74. The fourth-order valence-electron chi connectivity index (χ4n) is 1.83. The summed E-state index contributed by atoms with van der Waals surface area (Å²) in [5.41, 5.74) is 0. The van der Waals surface area contributed by atoms with Gasteiger partial charge in [0.05, 0.1) is 0 Å². The highest BCUT2D eigenvalue weighted by atomic mass is 16.1. The van der Waals surface area contributed by atoms with Gasteiger partial charge in [-0.3, -0.25) is 4.79 Å². The van der Waals surface area contributed by atoms with E-state index in [9.17, 15) is 4.79 Å². The number of carbonyl (C=O) groups is 1. The molecule has 0 radical (unpaired) electrons. The second-order valence-corrected chi connectivity index (χ2v) is 3.58. The maximum atomic E-state index is 10.7. The number of nitrogens with zero attached hydrogens (tertiary/aromatic N) is 1. The molecule has 0 aliphatic heterocycles. The lowest BCUT2D eigenvalue weighted by Crippen LogP contribution is -2.37. The molecule has 0 spiro atoms. The zero-order valence-corrected chi connectivity index (χ0v) is 7.42. The Morgan fingerprint density at radius 2 is 1.91 bits per heavy atom. The van der Waals surface area contributed by atoms with Gasteiger partial charge in [-0.2, -0.15) is 0 Å². The molecule has 64 valence electrons. The summed E-state index contributed by atoms with van der Waals surface area (Å²) >= 11 is 0. The molecule has 2 nitrogen and oxygen atoms in total. The summed E-state index contributed by atoms with van der Waals surface area (Å²) in [4.78, 5) is 12.6. The maximum absolute atomic E-state index is 10.7. The van der Waals surface area contributed by atoms with Crippen molar-refractivity contribution in [2.75, 3.05) is 0 Å². The highest BCUT2D eigenvalue weighted by Gasteiger charge is 2.22. The number of rotatable bonds is 3. The van der Waals surface area contributed by atoms with Crippen LogP contribution in [0, 0.1) is 0 Å². The van der Waals surface area contributed by atoms with E-state index in [1.165, 1.54) is 25.7 Å². The molecule has 0 heterocycles. The van der Waals surface area contributed by atoms with Crippen molar-refractivity contribution in [2.45, 2.75) is 51.6 Å². The first-order valence-corrected chi connectivity index (χ1v) is 4.48. The first kappa shape index (κ1) is 8.57. The van der Waals surface area contributed by atoms with Crippen LogP contribution in [0.4, 0.5) is 0 Å². The van der Waals surface area contributed by atoms with Crippen LogP contribution in [-0.2, 0) is 4.79 Å². The minimum atomic E-state index is 0.371. The van der Waals surface area contributed by atoms with Gasteiger partial charge < -0.3 is 4.90 Å². The van der Waals surface area contributed by atoms with Crippen molar-refractivity contribution in [1.29, 1.82) is 0 Å². The number of carbonyl (C=O) groups excluding carboxylic acids is 1. The summed E-state index contributed by atoms with van der Waals surface area (Å²) in [6, 6.07) is 0.906. The van der Waals surface area contributed by atoms with Gasteiger partial charge in [0.15, 0.2) is 0 Å². The molecule has 0 aromatic rings. The van der Waals surface area contributed by atoms with Crippen molar-refractivity contribution in [1.82, 2.24) is 4.90 Å². The van der Waals surface area contributed by atoms with E-state index in [-0.39, 0.29) is 0 Å². The Kier molecular flexibility index (Phi) is 2.92. The molecular formula is C9H17NO. The minimum Gasteiger partial charge on any atom is -0.340 e. The molecule has 11 heavy (non-hydrogen) atoms. The highest BCUT2D eigenvalue weighted by molar-refractivity contribution is 5.48. The van der Waals surface area contributed by atoms with Crippen LogP contribution in [0.1, 0.15) is 39.5 Å². The molecule has 1 aliphatic rings. The normalized spacial score (nSPS) is 19.2. The quantitative estimate of drug-likeness (QED) is 0.569. The lowest BCUT2D eigenvalue weighted by molar-refractivity contribution is -0.121. The number of hydrogen-bond donors (Lipinski definition) is 0. The van der Waals surface area contributed by atoms with E-state index in [4.69, 9.17) is 0 Å². The molecule has 1 aliphatic carbocycles. The molecule has 0 saturated heterocycles. The fourth-order valence-corrected chi connectivity index (χ4v) is 1.83. The minimum absolute atomic E-state index is 0.371. The van der Waals surface area contributed by atoms with Crippen molar-refractivity contribution in [3.8, 4) is 0 Å². The highest BCUT2D eigenvalue weighted by Crippen LogP contribution is 2.23. The van der Waals surface area contributed by atoms with Gasteiger partial charge in [0.25, 0.3) is 0 Å². The van der Waals surface area contributed by atoms with Crippen molar-refractivity contribution in [3.63, 3.8) is 0 Å². The van der Waals surface area contributed by atoms with Crippen LogP contribution < -0.4 is 0 Å². The lowest BCUT2D eigenvalue weighted by Gasteiger charge is -2.28. The van der Waals surface area contributed by atoms with Crippen molar-refractivity contribution < 1.29 is 4.79 Å². The van der Waals surface area contributed by atoms with Crippen LogP contribution in [0.2, 0.25) is 0 Å². The second-order valence-electron chi connectivity index (χ2n) is 3.58. The fraction of sp³-hybridized carbons (Fsp3) is 0.889. The third kappa shape index (κ3) is 1.95. The Labute approximate surface area is 68.6 Å². The van der Waals surface area contributed by atoms with E-state index >= 15 is 0 Å². The molecule has 1 saturated carbocycles. The summed E-state index contributed by atoms with van der Waals surface area (Å²) in [5, 5.41) is 0. The standard InChI is InChI=1S/C9H17NO/c1-8(2)10(7-11)9-5-3-4-6-9/h7-9H,3-6H2,1-2H3. The summed E-state index contributed by atoms with van der Waals surface area (Å²) in [6.45, 7) is 4.15. The molecule has 2 heteroatoms. The van der Waals surface area contributed by atoms with E-state index in [0.717, 1.165) is 6.41 Å². The Bertz CT molecular complexity index is 128. The van der Waals surface area contributed by atoms with E-state index < -0.39 is 0 Å². The molecule has 0 aromatic heterocycles. The van der Waals surface area contributed by atoms with Crippen LogP contribution in [0.25, 0.3) is 0 Å². The van der Waals surface area contributed by atoms with Crippen molar-refractivity contribution in [3.05, 3.63) is 0 Å². The van der Waals surface area contributed by atoms with Crippen LogP contribution in [0.3, 0.4) is 0 Å². The predicted molar refractivity (Wildman–Crippen MR) is 45.3 cm³/mol. The van der Waals surface area contributed by atoms with Crippen LogP contribution >= 0.6 is 0 Å². The predicted octanol–water partition coefficient (Wildman–Crippen LogP) is 1.80. The van der Waals surface area contributed by atoms with Crippen LogP contribution in [0.5, 0.6) is 0 Å². The molecule has 0 N–H and O–H groups in total. The third-order valence-corrected chi connectivity index (χ3v) is 2.46. The first-order chi connectivity index (χ1) is 5.25. The van der Waals surface area contributed by atoms with E-state index in [0.29, 0.717) is 12.1 Å². The van der Waals surface area contributed by atoms with Gasteiger partial charge in [0.1, 0.15) is 0 Å². The van der Waals surface area contributed by atoms with Gasteiger partial charge in [-0.25, -0.2) is 0 Å². The average Bonchev–Trinajstić information content (AvgIpc) is 2.40. The Balaban J connectivity index is 2.46. The van der Waals surface area contributed by atoms with Crippen molar-refractivity contribution >= 4 is 6.41 Å². The number of hydrogen-bond acceptors (Lipinski definition) is 1. The maximum Gasteiger partial charge on any atom is 0.210 e. The zero-order valence-electron chi connectivity index (χ0n) is 7.42. The van der Waals surface area contributed by atoms with E-state index in [2.05, 4.69) is 13.8 Å². The molecule has 1 amide bonds. The smallest absolute Gasteiger partial charge is 0.210 e. The lowest BCUT2D eigenvalue weighted by atomic mass is 10.2. The zero-order chi connectivity index (χ0) is 8.27. The average molecular weight is 155 g/mol. The number of amides is 1. The summed E-state index contributed by atoms with van der Waals surface area (Å²) < 4.78 is 0. The summed E-state index contributed by atoms with van der Waals surface area (Å²) in [6.07, 6.45) is 6.00. The van der Waals surface area contributed by atoms with Gasteiger partial charge in [0.2, 0.25) is 6.41 Å². The van der Waals surface area contributed by atoms with Gasteiger partial charge in [0, 0.05) is 12.1 Å². The van der Waals surface area contributed by atoms with Gasteiger partial charge in [-0.1, -0.05) is 12.8 Å². The molecule has 1 fully saturated rings. The Hall–Kier alpha value is -0.530. The topological polar surface area (TPSA) is 20.3 Å². The van der Waals surface area contributed by atoms with Gasteiger partial charge in [-0.15, -0.1) is 0 Å². The monoisotopic (exact) mass is 155 g/mol. The van der Waals surface area contributed by atoms with E-state index in [1.54, 1.807) is 0 Å². The largest absolute Gasteiger partial charge is 0.340 e. The summed E-state index contributed by atoms with van der Waals surface area (Å²) in [5.74, 6) is 0. The Morgan fingerprint density at radius 1 is 1.36 bits per heavy atom. The third-order valence-electron chi connectivity index (χ3n) is 2.46. The Morgan fingerprint density at radius 3 is 2.27 bits per heavy atom. The van der Waals surface area contributed by atoms with Gasteiger partial charge >= 0.3 is 0 Å². The molecule has 0 unspecified atom stereocenters. The molecule has 0 bridgehead atoms. The van der Waals surface area contributed by atoms with Crippen molar-refractivity contribution in [2.24, 2.45) is 0 Å². The van der Waals surface area contributed by atoms with Crippen LogP contribution in [0.15, 0.2) is 0 Å². The van der Waals surface area contributed by atoms with E-state index in [1.807, 2.05) is 4.90 Å². The molecular weight excluding hydrogens is 138 g/mol.